The summed E-state index contributed by atoms with van der Waals surface area (Å²) in [6.07, 6.45) is 7.76. The van der Waals surface area contributed by atoms with Crippen molar-refractivity contribution in [3.05, 3.63) is 150 Å². The Morgan fingerprint density at radius 3 is 1.42 bits per heavy atom. The number of fused-ring (bicyclic) bond motifs is 3. The van der Waals surface area contributed by atoms with Gasteiger partial charge in [0.25, 0.3) is 0 Å². The molecule has 0 N–H and O–H groups in total. The molecule has 0 amide bonds. The average molecular weight is 863 g/mol. The summed E-state index contributed by atoms with van der Waals surface area (Å²) < 4.78 is -0.178. The van der Waals surface area contributed by atoms with E-state index in [1.54, 1.807) is 0 Å². The van der Waals surface area contributed by atoms with Crippen LogP contribution in [-0.2, 0) is 39.7 Å². The molecule has 0 aromatic heterocycles. The zero-order valence-electron chi connectivity index (χ0n) is 29.7. The predicted octanol–water partition coefficient (Wildman–Crippen LogP) is 14.4. The van der Waals surface area contributed by atoms with Gasteiger partial charge in [0, 0.05) is 0 Å². The summed E-state index contributed by atoms with van der Waals surface area (Å²) in [6.45, 7) is 18.4. The molecule has 50 heavy (non-hydrogen) atoms. The Kier molecular flexibility index (Phi) is 10.7. The molecule has 0 radical (unpaired) electrons. The van der Waals surface area contributed by atoms with Crippen molar-refractivity contribution in [1.82, 2.24) is 0 Å². The Labute approximate surface area is 335 Å². The quantitative estimate of drug-likeness (QED) is 0.179. The Hall–Kier alpha value is -1.15. The van der Waals surface area contributed by atoms with Gasteiger partial charge in [0.05, 0.1) is 0 Å². The van der Waals surface area contributed by atoms with Crippen molar-refractivity contribution in [2.75, 3.05) is 0 Å². The molecule has 4 aromatic carbocycles. The molecule has 0 nitrogen and oxygen atoms in total. The molecule has 0 atom stereocenters. The molecule has 0 spiro atoms. The summed E-state index contributed by atoms with van der Waals surface area (Å²) in [6, 6.07) is 26.1. The Balaban J connectivity index is 1.80. The third-order valence-electron chi connectivity index (χ3n) is 9.95. The Morgan fingerprint density at radius 1 is 0.620 bits per heavy atom. The van der Waals surface area contributed by atoms with E-state index in [0.29, 0.717) is 11.1 Å². The first-order chi connectivity index (χ1) is 23.2. The van der Waals surface area contributed by atoms with E-state index in [4.69, 9.17) is 69.6 Å². The fourth-order valence-electron chi connectivity index (χ4n) is 7.82. The van der Waals surface area contributed by atoms with Gasteiger partial charge in [-0.2, -0.15) is 0 Å². The SMILES string of the molecule is Cc1cc2c(cc1C(C)(C)C)-c1cc(C(C)(C)C)c(C)cc1[CH]2[Zr]([C]1=CC=CC1)=[C](c1cccc(C(Cl)(Cl)Cl)c1)c1cccc(C(Cl)(Cl)Cl)c1. The third kappa shape index (κ3) is 7.60. The summed E-state index contributed by atoms with van der Waals surface area (Å²) in [7, 11) is 0. The second kappa shape index (κ2) is 13.9. The summed E-state index contributed by atoms with van der Waals surface area (Å²) in [4.78, 5) is 0. The number of allylic oxidation sites excluding steroid dienone is 4. The van der Waals surface area contributed by atoms with Crippen molar-refractivity contribution in [3.8, 4) is 11.1 Å². The molecular weight excluding hydrogens is 820 g/mol. The summed E-state index contributed by atoms with van der Waals surface area (Å²) in [5, 5.41) is 0. The fraction of sp³-hybridized carbons (Fsp3) is 0.326. The summed E-state index contributed by atoms with van der Waals surface area (Å²) >= 11 is 36.1. The van der Waals surface area contributed by atoms with Gasteiger partial charge in [-0.1, -0.05) is 0 Å². The summed E-state index contributed by atoms with van der Waals surface area (Å²) in [5.74, 6) is 0. The van der Waals surface area contributed by atoms with Crippen LogP contribution < -0.4 is 0 Å². The first-order valence-electron chi connectivity index (χ1n) is 16.9. The van der Waals surface area contributed by atoms with Crippen molar-refractivity contribution in [3.63, 3.8) is 0 Å². The molecule has 0 aliphatic heterocycles. The molecule has 0 heterocycles. The number of hydrogen-bond acceptors (Lipinski definition) is 0. The van der Waals surface area contributed by atoms with Gasteiger partial charge >= 0.3 is 339 Å². The molecule has 0 saturated carbocycles. The fourth-order valence-corrected chi connectivity index (χ4v) is 17.4. The maximum absolute atomic E-state index is 6.54. The van der Waals surface area contributed by atoms with E-state index in [9.17, 15) is 0 Å². The number of hydrogen-bond donors (Lipinski definition) is 0. The van der Waals surface area contributed by atoms with Crippen LogP contribution in [-0.4, -0.2) is 3.21 Å². The molecule has 0 fully saturated rings. The van der Waals surface area contributed by atoms with Gasteiger partial charge in [-0.05, 0) is 0 Å². The van der Waals surface area contributed by atoms with Crippen LogP contribution in [0.15, 0.2) is 94.3 Å². The molecule has 6 rings (SSSR count). The van der Waals surface area contributed by atoms with E-state index in [0.717, 1.165) is 17.5 Å². The van der Waals surface area contributed by atoms with E-state index in [1.807, 2.05) is 36.4 Å². The van der Waals surface area contributed by atoms with E-state index in [1.165, 1.54) is 51.0 Å². The van der Waals surface area contributed by atoms with E-state index in [-0.39, 0.29) is 14.5 Å². The van der Waals surface area contributed by atoms with Gasteiger partial charge in [0.15, 0.2) is 0 Å². The predicted molar refractivity (Wildman–Crippen MR) is 217 cm³/mol. The molecule has 4 aromatic rings. The van der Waals surface area contributed by atoms with Crippen molar-refractivity contribution < 1.29 is 21.3 Å². The molecule has 7 heteroatoms. The third-order valence-corrected chi connectivity index (χ3v) is 19.6. The topological polar surface area (TPSA) is 0 Å². The van der Waals surface area contributed by atoms with Gasteiger partial charge in [0.1, 0.15) is 0 Å². The zero-order valence-corrected chi connectivity index (χ0v) is 36.7. The number of alkyl halides is 6. The first kappa shape index (κ1) is 38.6. The zero-order chi connectivity index (χ0) is 36.6. The molecule has 0 bridgehead atoms. The first-order valence-corrected chi connectivity index (χ1v) is 23.1. The number of rotatable bonds is 4. The molecule has 0 saturated heterocycles. The van der Waals surface area contributed by atoms with E-state index in [2.05, 4.69) is 110 Å². The van der Waals surface area contributed by atoms with Crippen molar-refractivity contribution in [1.29, 1.82) is 0 Å². The van der Waals surface area contributed by atoms with Crippen LogP contribution in [0.4, 0.5) is 0 Å². The monoisotopic (exact) mass is 858 g/mol. The molecule has 260 valence electrons. The molecule has 2 aliphatic carbocycles. The molecular formula is C43H42Cl6Zr. The van der Waals surface area contributed by atoms with Crippen LogP contribution >= 0.6 is 69.6 Å². The van der Waals surface area contributed by atoms with Crippen LogP contribution in [0, 0.1) is 13.8 Å². The van der Waals surface area contributed by atoms with Crippen LogP contribution in [0.3, 0.4) is 0 Å². The van der Waals surface area contributed by atoms with E-state index >= 15 is 0 Å². The van der Waals surface area contributed by atoms with Crippen molar-refractivity contribution >= 4 is 72.8 Å². The second-order valence-corrected chi connectivity index (χ2v) is 26.5. The second-order valence-electron chi connectivity index (χ2n) is 15.7. The van der Waals surface area contributed by atoms with Gasteiger partial charge in [-0.25, -0.2) is 0 Å². The molecule has 2 aliphatic rings. The minimum absolute atomic E-state index is 0.000920. The Bertz CT molecular complexity index is 1960. The summed E-state index contributed by atoms with van der Waals surface area (Å²) in [5.41, 5.74) is 14.2. The number of aryl methyl sites for hydroxylation is 2. The maximum atomic E-state index is 6.54. The Morgan fingerprint density at radius 2 is 1.06 bits per heavy atom. The van der Waals surface area contributed by atoms with E-state index < -0.39 is 28.9 Å². The average Bonchev–Trinajstić information content (AvgIpc) is 3.63. The van der Waals surface area contributed by atoms with Gasteiger partial charge in [-0.3, -0.25) is 0 Å². The normalized spacial score (nSPS) is 14.9. The van der Waals surface area contributed by atoms with Gasteiger partial charge in [-0.15, -0.1) is 0 Å². The van der Waals surface area contributed by atoms with Crippen LogP contribution in [0.1, 0.15) is 107 Å². The van der Waals surface area contributed by atoms with Crippen molar-refractivity contribution in [2.24, 2.45) is 0 Å². The number of halogens is 6. The van der Waals surface area contributed by atoms with Crippen molar-refractivity contribution in [2.45, 2.75) is 83.9 Å². The van der Waals surface area contributed by atoms with Gasteiger partial charge < -0.3 is 0 Å². The van der Waals surface area contributed by atoms with Crippen LogP contribution in [0.5, 0.6) is 0 Å². The van der Waals surface area contributed by atoms with Crippen LogP contribution in [0.25, 0.3) is 11.1 Å². The molecule has 0 unspecified atom stereocenters. The number of benzene rings is 4. The van der Waals surface area contributed by atoms with Gasteiger partial charge in [0.2, 0.25) is 0 Å². The minimum atomic E-state index is -3.12. The van der Waals surface area contributed by atoms with Crippen LogP contribution in [0.2, 0.25) is 0 Å². The standard InChI is InChI=1S/C23H29.C15H8Cl6.C5H5.Zr/c1-14-9-16-11-17-10-15(2)21(23(6,7)8)13-19(17)18(16)12-20(14)22(3,4)5;16-14(17,18)12-5-1-3-10(8-12)7-11-4-2-6-13(9-11)15(19,20)21;1-2-4-5-3-1;/h9-13H,1-8H3;1-6,8-9H;1-3H,4H2;.